The summed E-state index contributed by atoms with van der Waals surface area (Å²) in [4.78, 5) is 24.5. The van der Waals surface area contributed by atoms with Gasteiger partial charge in [-0.15, -0.1) is 12.4 Å². The van der Waals surface area contributed by atoms with Crippen LogP contribution in [0.4, 0.5) is 0 Å². The highest BCUT2D eigenvalue weighted by Crippen LogP contribution is 2.34. The predicted octanol–water partition coefficient (Wildman–Crippen LogP) is 1.00. The molecular formula is C12H21ClN2O3. The Morgan fingerprint density at radius 1 is 1.28 bits per heavy atom. The minimum atomic E-state index is -0.947. The van der Waals surface area contributed by atoms with Crippen molar-refractivity contribution < 1.29 is 14.7 Å². The first-order valence-electron chi connectivity index (χ1n) is 6.37. The average molecular weight is 277 g/mol. The number of nitrogens with two attached hydrogens (primary N) is 1. The molecule has 104 valence electrons. The largest absolute Gasteiger partial charge is 0.480 e. The van der Waals surface area contributed by atoms with Gasteiger partial charge in [-0.25, -0.2) is 0 Å². The van der Waals surface area contributed by atoms with Gasteiger partial charge in [0.25, 0.3) is 0 Å². The highest BCUT2D eigenvalue weighted by molar-refractivity contribution is 5.86. The zero-order chi connectivity index (χ0) is 12.4. The van der Waals surface area contributed by atoms with Gasteiger partial charge in [0, 0.05) is 6.04 Å². The summed E-state index contributed by atoms with van der Waals surface area (Å²) in [6.07, 6.45) is 5.94. The summed E-state index contributed by atoms with van der Waals surface area (Å²) in [5, 5.41) is 8.92. The van der Waals surface area contributed by atoms with Crippen molar-refractivity contribution in [3.63, 3.8) is 0 Å². The van der Waals surface area contributed by atoms with Gasteiger partial charge in [0.1, 0.15) is 6.54 Å². The van der Waals surface area contributed by atoms with E-state index < -0.39 is 12.0 Å². The van der Waals surface area contributed by atoms with E-state index in [1.165, 1.54) is 11.3 Å². The number of aliphatic carboxylic acids is 1. The number of carbonyl (C=O) groups is 2. The van der Waals surface area contributed by atoms with E-state index in [0.29, 0.717) is 12.3 Å². The van der Waals surface area contributed by atoms with Gasteiger partial charge in [0.05, 0.1) is 6.04 Å². The number of hydrogen-bond acceptors (Lipinski definition) is 3. The van der Waals surface area contributed by atoms with Crippen LogP contribution in [-0.2, 0) is 9.59 Å². The van der Waals surface area contributed by atoms with Gasteiger partial charge < -0.3 is 15.7 Å². The molecule has 1 heterocycles. The Morgan fingerprint density at radius 3 is 2.61 bits per heavy atom. The van der Waals surface area contributed by atoms with Crippen molar-refractivity contribution >= 4 is 24.3 Å². The number of fused-ring (bicyclic) bond motifs is 1. The lowest BCUT2D eigenvalue weighted by atomic mass is 9.81. The van der Waals surface area contributed by atoms with Crippen LogP contribution in [0.2, 0.25) is 0 Å². The normalized spacial score (nSPS) is 32.2. The number of amides is 1. The maximum atomic E-state index is 12.1. The summed E-state index contributed by atoms with van der Waals surface area (Å²) >= 11 is 0. The monoisotopic (exact) mass is 276 g/mol. The molecule has 1 saturated heterocycles. The minimum absolute atomic E-state index is 0. The molecule has 0 spiro atoms. The van der Waals surface area contributed by atoms with Crippen LogP contribution in [0.5, 0.6) is 0 Å². The fourth-order valence-corrected chi connectivity index (χ4v) is 3.17. The topological polar surface area (TPSA) is 83.6 Å². The van der Waals surface area contributed by atoms with Crippen LogP contribution < -0.4 is 5.73 Å². The number of nitrogens with zero attached hydrogens (tertiary/aromatic N) is 1. The Balaban J connectivity index is 0.00000162. The number of carboxylic acids is 1. The molecule has 18 heavy (non-hydrogen) atoms. The Kier molecular flexibility index (Phi) is 5.41. The van der Waals surface area contributed by atoms with Crippen LogP contribution in [0.15, 0.2) is 0 Å². The van der Waals surface area contributed by atoms with Crippen molar-refractivity contribution in [2.24, 2.45) is 11.7 Å². The van der Waals surface area contributed by atoms with Crippen LogP contribution in [0, 0.1) is 5.92 Å². The zero-order valence-electron chi connectivity index (χ0n) is 10.4. The van der Waals surface area contributed by atoms with E-state index in [9.17, 15) is 9.59 Å². The predicted molar refractivity (Wildman–Crippen MR) is 69.6 cm³/mol. The molecule has 0 aromatic carbocycles. The van der Waals surface area contributed by atoms with E-state index in [4.69, 9.17) is 10.8 Å². The molecule has 3 N–H and O–H groups in total. The van der Waals surface area contributed by atoms with Gasteiger partial charge >= 0.3 is 5.97 Å². The summed E-state index contributed by atoms with van der Waals surface area (Å²) in [5.74, 6) is -0.681. The molecule has 0 aromatic rings. The molecule has 2 fully saturated rings. The van der Waals surface area contributed by atoms with Crippen LogP contribution in [0.1, 0.15) is 38.5 Å². The van der Waals surface area contributed by atoms with E-state index in [1.807, 2.05) is 0 Å². The second kappa shape index (κ2) is 6.38. The number of likely N-dealkylation sites (tertiary alicyclic amines) is 1. The van der Waals surface area contributed by atoms with E-state index in [2.05, 4.69) is 0 Å². The van der Waals surface area contributed by atoms with E-state index in [1.54, 1.807) is 0 Å². The van der Waals surface area contributed by atoms with Crippen molar-refractivity contribution in [1.29, 1.82) is 0 Å². The van der Waals surface area contributed by atoms with E-state index in [-0.39, 0.29) is 30.9 Å². The van der Waals surface area contributed by atoms with Crippen molar-refractivity contribution in [2.75, 3.05) is 6.54 Å². The maximum absolute atomic E-state index is 12.1. The molecule has 0 aromatic heterocycles. The van der Waals surface area contributed by atoms with Gasteiger partial charge in [0.2, 0.25) is 5.91 Å². The molecule has 6 heteroatoms. The Bertz CT molecular complexity index is 324. The highest BCUT2D eigenvalue weighted by atomic mass is 35.5. The quantitative estimate of drug-likeness (QED) is 0.788. The highest BCUT2D eigenvalue weighted by Gasteiger charge is 2.38. The fraction of sp³-hybridized carbons (Fsp3) is 0.833. The third-order valence-electron chi connectivity index (χ3n) is 4.02. The Labute approximate surface area is 113 Å². The van der Waals surface area contributed by atoms with Crippen LogP contribution in [-0.4, -0.2) is 40.5 Å². The lowest BCUT2D eigenvalue weighted by Crippen LogP contribution is -2.51. The van der Waals surface area contributed by atoms with Crippen LogP contribution in [0.3, 0.4) is 0 Å². The molecule has 1 aliphatic carbocycles. The third-order valence-corrected chi connectivity index (χ3v) is 4.02. The zero-order valence-corrected chi connectivity index (χ0v) is 11.2. The molecule has 1 aliphatic heterocycles. The molecule has 2 rings (SSSR count). The first-order valence-corrected chi connectivity index (χ1v) is 6.37. The number of carbonyl (C=O) groups excluding carboxylic acids is 1. The Hall–Kier alpha value is -0.810. The summed E-state index contributed by atoms with van der Waals surface area (Å²) in [7, 11) is 0. The average Bonchev–Trinajstić information content (AvgIpc) is 2.42. The summed E-state index contributed by atoms with van der Waals surface area (Å²) in [6.45, 7) is -0.201. The van der Waals surface area contributed by atoms with Crippen molar-refractivity contribution in [3.8, 4) is 0 Å². The number of rotatable bonds is 2. The van der Waals surface area contributed by atoms with E-state index >= 15 is 0 Å². The number of carboxylic acid groups (broad SMARTS) is 1. The van der Waals surface area contributed by atoms with Crippen molar-refractivity contribution in [3.05, 3.63) is 0 Å². The third kappa shape index (κ3) is 3.14. The molecule has 0 bridgehead atoms. The van der Waals surface area contributed by atoms with Gasteiger partial charge in [-0.2, -0.15) is 0 Å². The van der Waals surface area contributed by atoms with Crippen LogP contribution >= 0.6 is 12.4 Å². The van der Waals surface area contributed by atoms with Gasteiger partial charge in [-0.1, -0.05) is 12.8 Å². The van der Waals surface area contributed by atoms with E-state index in [0.717, 1.165) is 25.7 Å². The minimum Gasteiger partial charge on any atom is -0.480 e. The molecule has 1 amide bonds. The van der Waals surface area contributed by atoms with Gasteiger partial charge in [0.15, 0.2) is 0 Å². The second-order valence-corrected chi connectivity index (χ2v) is 5.16. The summed E-state index contributed by atoms with van der Waals surface area (Å²) in [5.41, 5.74) is 5.81. The van der Waals surface area contributed by atoms with Crippen molar-refractivity contribution in [2.45, 2.75) is 50.6 Å². The van der Waals surface area contributed by atoms with Crippen molar-refractivity contribution in [1.82, 2.24) is 4.90 Å². The second-order valence-electron chi connectivity index (χ2n) is 5.16. The Morgan fingerprint density at radius 2 is 1.94 bits per heavy atom. The summed E-state index contributed by atoms with van der Waals surface area (Å²) < 4.78 is 0. The van der Waals surface area contributed by atoms with Gasteiger partial charge in [-0.3, -0.25) is 9.59 Å². The lowest BCUT2D eigenvalue weighted by molar-refractivity contribution is -0.147. The molecule has 5 nitrogen and oxygen atoms in total. The molecule has 3 unspecified atom stereocenters. The van der Waals surface area contributed by atoms with Gasteiger partial charge in [-0.05, 0) is 31.6 Å². The first-order chi connectivity index (χ1) is 8.09. The number of halogens is 1. The molecule has 1 saturated carbocycles. The lowest BCUT2D eigenvalue weighted by Gasteiger charge is -2.37. The smallest absolute Gasteiger partial charge is 0.323 e. The molecular weight excluding hydrogens is 256 g/mol. The summed E-state index contributed by atoms with van der Waals surface area (Å²) in [6, 6.07) is -0.416. The standard InChI is InChI=1S/C12H20N2O3.ClH/c13-9-6-5-8-3-1-2-4-10(8)14(12(9)17)7-11(15)16;/h8-10H,1-7,13H2,(H,15,16);1H. The fourth-order valence-electron chi connectivity index (χ4n) is 3.17. The number of hydrogen-bond donors (Lipinski definition) is 2. The van der Waals surface area contributed by atoms with Crippen LogP contribution in [0.25, 0.3) is 0 Å². The molecule has 0 radical (unpaired) electrons. The molecule has 3 atom stereocenters. The maximum Gasteiger partial charge on any atom is 0.323 e. The first kappa shape index (κ1) is 15.2. The SMILES string of the molecule is Cl.NC1CCC2CCCCC2N(CC(=O)O)C1=O. The molecule has 2 aliphatic rings.